The lowest BCUT2D eigenvalue weighted by Crippen LogP contribution is -2.43. The smallest absolute Gasteiger partial charge is 0.307 e. The fraction of sp³-hybridized carbons (Fsp3) is 0.867. The minimum absolute atomic E-state index is 0.142. The van der Waals surface area contributed by atoms with Crippen molar-refractivity contribution in [1.29, 1.82) is 0 Å². The van der Waals surface area contributed by atoms with E-state index in [0.29, 0.717) is 32.2 Å². The van der Waals surface area contributed by atoms with E-state index in [2.05, 4.69) is 0 Å². The average molecular weight is 284 g/mol. The Hall–Kier alpha value is -1.10. The van der Waals surface area contributed by atoms with Crippen LogP contribution in [0.15, 0.2) is 0 Å². The Labute approximate surface area is 122 Å². The topological polar surface area (TPSA) is 49.9 Å². The van der Waals surface area contributed by atoms with Gasteiger partial charge in [0.25, 0.3) is 0 Å². The summed E-state index contributed by atoms with van der Waals surface area (Å²) in [5, 5.41) is 0. The van der Waals surface area contributed by atoms with Crippen molar-refractivity contribution in [2.45, 2.75) is 51.5 Å². The maximum Gasteiger partial charge on any atom is 0.307 e. The van der Waals surface area contributed by atoms with Crippen LogP contribution in [0.4, 0.5) is 0 Å². The molecule has 1 saturated carbocycles. The van der Waals surface area contributed by atoms with E-state index in [4.69, 9.17) is 4.74 Å². The third-order valence-electron chi connectivity index (χ3n) is 3.92. The predicted molar refractivity (Wildman–Crippen MR) is 78.4 cm³/mol. The first-order valence-corrected chi connectivity index (χ1v) is 7.64. The number of carbonyl (C=O) groups is 2. The van der Waals surface area contributed by atoms with Crippen LogP contribution in [-0.2, 0) is 14.3 Å². The molecule has 0 aromatic carbocycles. The molecule has 0 radical (unpaired) electrons. The number of esters is 1. The first kappa shape index (κ1) is 17.0. The van der Waals surface area contributed by atoms with Gasteiger partial charge in [-0.15, -0.1) is 0 Å². The maximum absolute atomic E-state index is 12.2. The van der Waals surface area contributed by atoms with Crippen molar-refractivity contribution in [2.24, 2.45) is 0 Å². The summed E-state index contributed by atoms with van der Waals surface area (Å²) in [5.41, 5.74) is 0. The second-order valence-electron chi connectivity index (χ2n) is 5.59. The minimum Gasteiger partial charge on any atom is -0.466 e. The van der Waals surface area contributed by atoms with Gasteiger partial charge in [-0.05, 0) is 26.8 Å². The number of rotatable bonds is 7. The molecule has 5 heteroatoms. The van der Waals surface area contributed by atoms with Crippen molar-refractivity contribution in [2.75, 3.05) is 33.8 Å². The molecule has 1 amide bonds. The van der Waals surface area contributed by atoms with Crippen molar-refractivity contribution in [3.8, 4) is 0 Å². The van der Waals surface area contributed by atoms with Crippen LogP contribution in [0.5, 0.6) is 0 Å². The predicted octanol–water partition coefficient (Wildman–Crippen LogP) is 1.66. The van der Waals surface area contributed by atoms with Crippen LogP contribution in [0.1, 0.15) is 45.4 Å². The largest absolute Gasteiger partial charge is 0.466 e. The van der Waals surface area contributed by atoms with Crippen LogP contribution in [0, 0.1) is 0 Å². The summed E-state index contributed by atoms with van der Waals surface area (Å²) in [6, 6.07) is 0.398. The van der Waals surface area contributed by atoms with Crippen molar-refractivity contribution in [1.82, 2.24) is 9.80 Å². The summed E-state index contributed by atoms with van der Waals surface area (Å²) >= 11 is 0. The first-order valence-electron chi connectivity index (χ1n) is 7.64. The monoisotopic (exact) mass is 284 g/mol. The highest BCUT2D eigenvalue weighted by molar-refractivity contribution is 5.78. The fourth-order valence-corrected chi connectivity index (χ4v) is 2.61. The van der Waals surface area contributed by atoms with Gasteiger partial charge in [0.15, 0.2) is 0 Å². The lowest BCUT2D eigenvalue weighted by atomic mass is 9.94. The standard InChI is InChI=1S/C15H28N2O3/c1-4-20-15(19)10-11-16(2)12-14(18)17(3)13-8-6-5-7-9-13/h13H,4-12H2,1-3H3. The van der Waals surface area contributed by atoms with Gasteiger partial charge in [-0.2, -0.15) is 0 Å². The van der Waals surface area contributed by atoms with Gasteiger partial charge in [0.05, 0.1) is 19.6 Å². The molecule has 1 aliphatic rings. The van der Waals surface area contributed by atoms with E-state index in [9.17, 15) is 9.59 Å². The molecule has 0 aromatic heterocycles. The average Bonchev–Trinajstić information content (AvgIpc) is 2.45. The van der Waals surface area contributed by atoms with Crippen LogP contribution in [0.2, 0.25) is 0 Å². The van der Waals surface area contributed by atoms with Gasteiger partial charge in [0.1, 0.15) is 0 Å². The molecule has 0 bridgehead atoms. The van der Waals surface area contributed by atoms with Gasteiger partial charge in [0.2, 0.25) is 5.91 Å². The van der Waals surface area contributed by atoms with Crippen molar-refractivity contribution < 1.29 is 14.3 Å². The number of amides is 1. The summed E-state index contributed by atoms with van der Waals surface area (Å²) in [5.74, 6) is -0.0595. The van der Waals surface area contributed by atoms with Gasteiger partial charge < -0.3 is 9.64 Å². The van der Waals surface area contributed by atoms with Gasteiger partial charge in [0, 0.05) is 19.6 Å². The molecule has 0 saturated heterocycles. The molecule has 0 aliphatic heterocycles. The number of hydrogen-bond donors (Lipinski definition) is 0. The Kier molecular flexibility index (Phi) is 7.59. The molecule has 1 aliphatic carbocycles. The molecule has 116 valence electrons. The zero-order valence-electron chi connectivity index (χ0n) is 13.1. The molecule has 1 fully saturated rings. The highest BCUT2D eigenvalue weighted by Crippen LogP contribution is 2.21. The summed E-state index contributed by atoms with van der Waals surface area (Å²) in [4.78, 5) is 27.2. The molecule has 0 N–H and O–H groups in total. The summed E-state index contributed by atoms with van der Waals surface area (Å²) in [7, 11) is 3.77. The molecule has 0 unspecified atom stereocenters. The maximum atomic E-state index is 12.2. The van der Waals surface area contributed by atoms with Crippen LogP contribution in [-0.4, -0.2) is 61.5 Å². The van der Waals surface area contributed by atoms with Crippen LogP contribution in [0.3, 0.4) is 0 Å². The normalized spacial score (nSPS) is 16.2. The van der Waals surface area contributed by atoms with Gasteiger partial charge in [-0.3, -0.25) is 14.5 Å². The zero-order valence-corrected chi connectivity index (χ0v) is 13.1. The number of hydrogen-bond acceptors (Lipinski definition) is 4. The lowest BCUT2D eigenvalue weighted by Gasteiger charge is -2.32. The summed E-state index contributed by atoms with van der Waals surface area (Å²) in [6.07, 6.45) is 6.31. The molecule has 0 heterocycles. The Morgan fingerprint density at radius 3 is 2.40 bits per heavy atom. The third-order valence-corrected chi connectivity index (χ3v) is 3.92. The van der Waals surface area contributed by atoms with Crippen molar-refractivity contribution in [3.63, 3.8) is 0 Å². The summed E-state index contributed by atoms with van der Waals surface area (Å²) in [6.45, 7) is 3.13. The molecule has 0 spiro atoms. The highest BCUT2D eigenvalue weighted by atomic mass is 16.5. The number of nitrogens with zero attached hydrogens (tertiary/aromatic N) is 2. The molecular formula is C15H28N2O3. The summed E-state index contributed by atoms with van der Waals surface area (Å²) < 4.78 is 4.88. The number of likely N-dealkylation sites (N-methyl/N-ethyl adjacent to an activating group) is 2. The molecule has 0 aromatic rings. The fourth-order valence-electron chi connectivity index (χ4n) is 2.61. The van der Waals surface area contributed by atoms with Gasteiger partial charge in [-0.1, -0.05) is 19.3 Å². The van der Waals surface area contributed by atoms with Crippen molar-refractivity contribution in [3.05, 3.63) is 0 Å². The molecule has 1 rings (SSSR count). The van der Waals surface area contributed by atoms with Gasteiger partial charge in [-0.25, -0.2) is 0 Å². The SMILES string of the molecule is CCOC(=O)CCN(C)CC(=O)N(C)C1CCCCC1. The van der Waals surface area contributed by atoms with Crippen LogP contribution < -0.4 is 0 Å². The first-order chi connectivity index (χ1) is 9.54. The van der Waals surface area contributed by atoms with Crippen LogP contribution >= 0.6 is 0 Å². The van der Waals surface area contributed by atoms with Crippen molar-refractivity contribution >= 4 is 11.9 Å². The van der Waals surface area contributed by atoms with E-state index >= 15 is 0 Å². The minimum atomic E-state index is -0.201. The Bertz CT molecular complexity index is 314. The Morgan fingerprint density at radius 2 is 1.80 bits per heavy atom. The van der Waals surface area contributed by atoms with Gasteiger partial charge >= 0.3 is 5.97 Å². The van der Waals surface area contributed by atoms with E-state index in [1.54, 1.807) is 6.92 Å². The van der Waals surface area contributed by atoms with E-state index in [-0.39, 0.29) is 11.9 Å². The second-order valence-corrected chi connectivity index (χ2v) is 5.59. The lowest BCUT2D eigenvalue weighted by molar-refractivity contribution is -0.144. The number of carbonyl (C=O) groups excluding carboxylic acids is 2. The van der Waals surface area contributed by atoms with E-state index in [1.165, 1.54) is 19.3 Å². The molecule has 20 heavy (non-hydrogen) atoms. The highest BCUT2D eigenvalue weighted by Gasteiger charge is 2.22. The molecule has 0 atom stereocenters. The van der Waals surface area contributed by atoms with E-state index < -0.39 is 0 Å². The second kappa shape index (κ2) is 8.95. The van der Waals surface area contributed by atoms with E-state index in [0.717, 1.165) is 12.8 Å². The Balaban J connectivity index is 2.27. The number of ether oxygens (including phenoxy) is 1. The van der Waals surface area contributed by atoms with E-state index in [1.807, 2.05) is 23.9 Å². The van der Waals surface area contributed by atoms with Crippen LogP contribution in [0.25, 0.3) is 0 Å². The third kappa shape index (κ3) is 5.90. The zero-order chi connectivity index (χ0) is 15.0. The Morgan fingerprint density at radius 1 is 1.15 bits per heavy atom. The quantitative estimate of drug-likeness (QED) is 0.667. The molecular weight excluding hydrogens is 256 g/mol. The molecule has 5 nitrogen and oxygen atoms in total.